The van der Waals surface area contributed by atoms with Gasteiger partial charge in [0, 0.05) is 13.2 Å². The van der Waals surface area contributed by atoms with E-state index in [1.54, 1.807) is 25.1 Å². The average molecular weight is 353 g/mol. The van der Waals surface area contributed by atoms with E-state index in [0.29, 0.717) is 12.2 Å². The Balaban J connectivity index is 1.92. The molecule has 0 spiro atoms. The van der Waals surface area contributed by atoms with Gasteiger partial charge in [0.1, 0.15) is 0 Å². The Kier molecular flexibility index (Phi) is 4.80. The smallest absolute Gasteiger partial charge is 0.376 e. The number of alkyl halides is 3. The fourth-order valence-corrected chi connectivity index (χ4v) is 2.88. The highest BCUT2D eigenvalue weighted by atomic mass is 19.4. The van der Waals surface area contributed by atoms with Crippen LogP contribution in [-0.2, 0) is 10.9 Å². The summed E-state index contributed by atoms with van der Waals surface area (Å²) >= 11 is 0. The first kappa shape index (κ1) is 17.5. The van der Waals surface area contributed by atoms with Crippen molar-refractivity contribution in [1.82, 2.24) is 15.1 Å². The Morgan fingerprint density at radius 2 is 2.16 bits per heavy atom. The monoisotopic (exact) mass is 353 g/mol. The number of para-hydroxylation sites is 1. The molecule has 1 aromatic carbocycles. The van der Waals surface area contributed by atoms with Gasteiger partial charge in [-0.2, -0.15) is 18.3 Å². The molecular formula is C17H18F3N3O2. The minimum Gasteiger partial charge on any atom is -0.376 e. The highest BCUT2D eigenvalue weighted by Crippen LogP contribution is 2.34. The molecule has 2 heterocycles. The Morgan fingerprint density at radius 3 is 2.80 bits per heavy atom. The predicted octanol–water partition coefficient (Wildman–Crippen LogP) is 3.11. The maximum absolute atomic E-state index is 13.6. The summed E-state index contributed by atoms with van der Waals surface area (Å²) < 4.78 is 46.9. The second kappa shape index (κ2) is 6.87. The molecule has 0 bridgehead atoms. The molecule has 3 rings (SSSR count). The molecule has 1 unspecified atom stereocenters. The van der Waals surface area contributed by atoms with Gasteiger partial charge in [0.15, 0.2) is 5.69 Å². The zero-order chi connectivity index (χ0) is 18.0. The summed E-state index contributed by atoms with van der Waals surface area (Å²) in [6.45, 7) is 2.49. The number of rotatable bonds is 4. The van der Waals surface area contributed by atoms with Crippen LogP contribution in [0.4, 0.5) is 13.2 Å². The third kappa shape index (κ3) is 3.68. The van der Waals surface area contributed by atoms with Crippen molar-refractivity contribution in [2.24, 2.45) is 0 Å². The lowest BCUT2D eigenvalue weighted by Gasteiger charge is -2.15. The van der Waals surface area contributed by atoms with Gasteiger partial charge >= 0.3 is 6.18 Å². The van der Waals surface area contributed by atoms with Crippen molar-refractivity contribution < 1.29 is 22.7 Å². The number of carbonyl (C=O) groups excluding carboxylic acids is 1. The number of hydrogen-bond acceptors (Lipinski definition) is 3. The number of ether oxygens (including phenoxy) is 1. The van der Waals surface area contributed by atoms with Gasteiger partial charge in [0.05, 0.1) is 23.6 Å². The molecule has 1 amide bonds. The number of aryl methyl sites for hydroxylation is 1. The number of amides is 1. The van der Waals surface area contributed by atoms with Crippen molar-refractivity contribution in [2.45, 2.75) is 32.0 Å². The number of nitrogens with zero attached hydrogens (tertiary/aromatic N) is 2. The fourth-order valence-electron chi connectivity index (χ4n) is 2.88. The SMILES string of the molecule is Cc1ccccc1-n1ncc(C(=O)NCC2CCCO2)c1C(F)(F)F. The lowest BCUT2D eigenvalue weighted by Crippen LogP contribution is -2.33. The van der Waals surface area contributed by atoms with Crippen LogP contribution < -0.4 is 5.32 Å². The van der Waals surface area contributed by atoms with Gasteiger partial charge < -0.3 is 10.1 Å². The molecule has 1 aromatic heterocycles. The Bertz CT molecular complexity index is 765. The summed E-state index contributed by atoms with van der Waals surface area (Å²) in [6, 6.07) is 6.58. The van der Waals surface area contributed by atoms with Crippen molar-refractivity contribution in [3.05, 3.63) is 47.3 Å². The maximum atomic E-state index is 13.6. The van der Waals surface area contributed by atoms with E-state index in [0.717, 1.165) is 23.7 Å². The van der Waals surface area contributed by atoms with Crippen LogP contribution >= 0.6 is 0 Å². The Hall–Kier alpha value is -2.35. The van der Waals surface area contributed by atoms with Crippen molar-refractivity contribution >= 4 is 5.91 Å². The van der Waals surface area contributed by atoms with Crippen LogP contribution in [0.5, 0.6) is 0 Å². The summed E-state index contributed by atoms with van der Waals surface area (Å²) in [6.07, 6.45) is -2.23. The minimum absolute atomic E-state index is 0.148. The summed E-state index contributed by atoms with van der Waals surface area (Å²) in [7, 11) is 0. The molecule has 1 aliphatic heterocycles. The first-order chi connectivity index (χ1) is 11.9. The van der Waals surface area contributed by atoms with Crippen molar-refractivity contribution in [1.29, 1.82) is 0 Å². The van der Waals surface area contributed by atoms with Gasteiger partial charge in [-0.15, -0.1) is 0 Å². The molecule has 0 saturated carbocycles. The normalized spacial score (nSPS) is 17.7. The fraction of sp³-hybridized carbons (Fsp3) is 0.412. The van der Waals surface area contributed by atoms with Crippen LogP contribution in [0.15, 0.2) is 30.5 Å². The van der Waals surface area contributed by atoms with Crippen molar-refractivity contribution in [2.75, 3.05) is 13.2 Å². The van der Waals surface area contributed by atoms with E-state index in [1.807, 2.05) is 0 Å². The highest BCUT2D eigenvalue weighted by molar-refractivity contribution is 5.95. The molecule has 1 aliphatic rings. The first-order valence-electron chi connectivity index (χ1n) is 7.99. The van der Waals surface area contributed by atoms with Crippen LogP contribution in [0.25, 0.3) is 5.69 Å². The molecule has 134 valence electrons. The molecule has 0 aliphatic carbocycles. The molecule has 1 atom stereocenters. The summed E-state index contributed by atoms with van der Waals surface area (Å²) in [5.41, 5.74) is -0.657. The number of carbonyl (C=O) groups is 1. The van der Waals surface area contributed by atoms with Crippen LogP contribution in [0, 0.1) is 6.92 Å². The Morgan fingerprint density at radius 1 is 1.40 bits per heavy atom. The molecular weight excluding hydrogens is 335 g/mol. The molecule has 1 saturated heterocycles. The molecule has 5 nitrogen and oxygen atoms in total. The number of benzene rings is 1. The van der Waals surface area contributed by atoms with Crippen molar-refractivity contribution in [3.63, 3.8) is 0 Å². The van der Waals surface area contributed by atoms with Gasteiger partial charge in [-0.25, -0.2) is 4.68 Å². The topological polar surface area (TPSA) is 56.2 Å². The minimum atomic E-state index is -4.71. The molecule has 2 aromatic rings. The van der Waals surface area contributed by atoms with E-state index >= 15 is 0 Å². The van der Waals surface area contributed by atoms with E-state index in [-0.39, 0.29) is 18.3 Å². The number of aromatic nitrogens is 2. The largest absolute Gasteiger partial charge is 0.434 e. The molecule has 1 fully saturated rings. The van der Waals surface area contributed by atoms with E-state index in [2.05, 4.69) is 10.4 Å². The van der Waals surface area contributed by atoms with Gasteiger partial charge in [-0.3, -0.25) is 4.79 Å². The molecule has 25 heavy (non-hydrogen) atoms. The summed E-state index contributed by atoms with van der Waals surface area (Å²) in [4.78, 5) is 12.3. The lowest BCUT2D eigenvalue weighted by atomic mass is 10.1. The standard InChI is InChI=1S/C17H18F3N3O2/c1-11-5-2-3-7-14(11)23-15(17(18,19)20)13(10-22-23)16(24)21-9-12-6-4-8-25-12/h2-3,5,7,10,12H,4,6,8-9H2,1H3,(H,21,24). The first-order valence-corrected chi connectivity index (χ1v) is 7.99. The maximum Gasteiger partial charge on any atom is 0.434 e. The number of halogens is 3. The Labute approximate surface area is 142 Å². The van der Waals surface area contributed by atoms with Crippen LogP contribution in [0.1, 0.15) is 34.5 Å². The van der Waals surface area contributed by atoms with Gasteiger partial charge in [0.25, 0.3) is 5.91 Å². The third-order valence-corrected chi connectivity index (χ3v) is 4.14. The molecule has 8 heteroatoms. The zero-order valence-electron chi connectivity index (χ0n) is 13.6. The molecule has 1 N–H and O–H groups in total. The van der Waals surface area contributed by atoms with Crippen molar-refractivity contribution in [3.8, 4) is 5.69 Å². The zero-order valence-corrected chi connectivity index (χ0v) is 13.6. The summed E-state index contributed by atoms with van der Waals surface area (Å²) in [5, 5.41) is 6.33. The van der Waals surface area contributed by atoms with Crippen LogP contribution in [-0.4, -0.2) is 34.9 Å². The van der Waals surface area contributed by atoms with E-state index in [1.165, 1.54) is 6.07 Å². The lowest BCUT2D eigenvalue weighted by molar-refractivity contribution is -0.143. The second-order valence-corrected chi connectivity index (χ2v) is 5.95. The van der Waals surface area contributed by atoms with Gasteiger partial charge in [-0.1, -0.05) is 18.2 Å². The predicted molar refractivity (Wildman–Crippen MR) is 84.6 cm³/mol. The number of nitrogens with one attached hydrogen (secondary N) is 1. The van der Waals surface area contributed by atoms with E-state index < -0.39 is 23.3 Å². The van der Waals surface area contributed by atoms with Crippen LogP contribution in [0.3, 0.4) is 0 Å². The van der Waals surface area contributed by atoms with E-state index in [9.17, 15) is 18.0 Å². The molecule has 0 radical (unpaired) electrons. The van der Waals surface area contributed by atoms with E-state index in [4.69, 9.17) is 4.74 Å². The quantitative estimate of drug-likeness (QED) is 0.919. The average Bonchev–Trinajstić information content (AvgIpc) is 3.22. The highest BCUT2D eigenvalue weighted by Gasteiger charge is 2.40. The second-order valence-electron chi connectivity index (χ2n) is 5.95. The third-order valence-electron chi connectivity index (χ3n) is 4.14. The van der Waals surface area contributed by atoms with Gasteiger partial charge in [0.2, 0.25) is 0 Å². The summed E-state index contributed by atoms with van der Waals surface area (Å²) in [5.74, 6) is -0.803. The number of hydrogen-bond donors (Lipinski definition) is 1. The van der Waals surface area contributed by atoms with Gasteiger partial charge in [-0.05, 0) is 31.4 Å². The van der Waals surface area contributed by atoms with Crippen LogP contribution in [0.2, 0.25) is 0 Å².